The number of hydrogen-bond acceptors (Lipinski definition) is 5. The van der Waals surface area contributed by atoms with Gasteiger partial charge in [0, 0.05) is 17.0 Å². The molecular weight excluding hydrogens is 411 g/mol. The highest BCUT2D eigenvalue weighted by molar-refractivity contribution is 6.37. The molecule has 142 valence electrons. The van der Waals surface area contributed by atoms with Crippen LogP contribution in [-0.2, 0) is 0 Å². The smallest absolute Gasteiger partial charge is 0.231 e. The fourth-order valence-electron chi connectivity index (χ4n) is 3.26. The van der Waals surface area contributed by atoms with Crippen molar-refractivity contribution < 1.29 is 14.0 Å². The van der Waals surface area contributed by atoms with Crippen molar-refractivity contribution in [3.05, 3.63) is 86.3 Å². The second kappa shape index (κ2) is 7.25. The largest absolute Gasteiger partial charge is 0.450 e. The summed E-state index contributed by atoms with van der Waals surface area (Å²) in [7, 11) is 0. The molecule has 0 amide bonds. The average Bonchev–Trinajstić information content (AvgIpc) is 3.04. The first kappa shape index (κ1) is 19.0. The summed E-state index contributed by atoms with van der Waals surface area (Å²) in [4.78, 5) is 25.6. The zero-order valence-corrected chi connectivity index (χ0v) is 16.3. The fourth-order valence-corrected chi connectivity index (χ4v) is 3.75. The van der Waals surface area contributed by atoms with Crippen LogP contribution in [0.4, 0.5) is 5.69 Å². The van der Waals surface area contributed by atoms with E-state index in [4.69, 9.17) is 38.6 Å². The average molecular weight is 423 g/mol. The number of ketones is 2. The van der Waals surface area contributed by atoms with E-state index in [1.54, 1.807) is 30.3 Å². The monoisotopic (exact) mass is 422 g/mol. The number of allylic oxidation sites excluding steroid dienone is 1. The summed E-state index contributed by atoms with van der Waals surface area (Å²) in [6.45, 7) is 0. The van der Waals surface area contributed by atoms with Gasteiger partial charge in [0.25, 0.3) is 0 Å². The molecule has 5 nitrogen and oxygen atoms in total. The standard InChI is InChI=1S/C22H12Cl2N2O3/c23-14-4-5-15(16(24)9-14)21(28)22-20(26)19-17(27)7-13(8-18(19)29-22)12-3-1-2-11(6-12)10-25/h1-6,8-9H,7,26H2. The van der Waals surface area contributed by atoms with E-state index in [-0.39, 0.29) is 45.6 Å². The Morgan fingerprint density at radius 2 is 1.97 bits per heavy atom. The first-order valence-corrected chi connectivity index (χ1v) is 9.31. The molecule has 0 bridgehead atoms. The molecule has 1 aromatic heterocycles. The van der Waals surface area contributed by atoms with Gasteiger partial charge in [0.2, 0.25) is 5.78 Å². The number of halogens is 2. The minimum Gasteiger partial charge on any atom is -0.450 e. The lowest BCUT2D eigenvalue weighted by molar-refractivity contribution is 0.0991. The predicted octanol–water partition coefficient (Wildman–Crippen LogP) is 5.40. The van der Waals surface area contributed by atoms with Gasteiger partial charge in [0.15, 0.2) is 11.5 Å². The molecule has 3 aromatic rings. The van der Waals surface area contributed by atoms with Crippen LogP contribution in [-0.4, -0.2) is 11.6 Å². The number of nitrogens with zero attached hydrogens (tertiary/aromatic N) is 1. The number of carbonyl (C=O) groups excluding carboxylic acids is 2. The third kappa shape index (κ3) is 3.33. The van der Waals surface area contributed by atoms with Gasteiger partial charge in [0.05, 0.1) is 27.9 Å². The van der Waals surface area contributed by atoms with Gasteiger partial charge in [-0.2, -0.15) is 5.26 Å². The summed E-state index contributed by atoms with van der Waals surface area (Å²) < 4.78 is 5.69. The normalized spacial score (nSPS) is 12.9. The van der Waals surface area contributed by atoms with Crippen LogP contribution in [0.1, 0.15) is 49.8 Å². The number of nitrogen functional groups attached to an aromatic ring is 1. The molecule has 0 unspecified atom stereocenters. The van der Waals surface area contributed by atoms with Crippen molar-refractivity contribution in [2.75, 3.05) is 5.73 Å². The minimum absolute atomic E-state index is 0.0120. The first-order chi connectivity index (χ1) is 13.9. The van der Waals surface area contributed by atoms with Crippen LogP contribution in [0.3, 0.4) is 0 Å². The molecule has 2 N–H and O–H groups in total. The summed E-state index contributed by atoms with van der Waals surface area (Å²) >= 11 is 12.0. The predicted molar refractivity (Wildman–Crippen MR) is 111 cm³/mol. The number of hydrogen-bond donors (Lipinski definition) is 1. The number of carbonyl (C=O) groups is 2. The van der Waals surface area contributed by atoms with Crippen molar-refractivity contribution >= 4 is 52.1 Å². The quantitative estimate of drug-likeness (QED) is 0.569. The van der Waals surface area contributed by atoms with Gasteiger partial charge in [-0.05, 0) is 47.5 Å². The Morgan fingerprint density at radius 1 is 1.17 bits per heavy atom. The Balaban J connectivity index is 1.79. The summed E-state index contributed by atoms with van der Waals surface area (Å²) in [5.74, 6) is -0.726. The SMILES string of the molecule is N#Cc1cccc(C2=Cc3oc(C(=O)c4ccc(Cl)cc4Cl)c(N)c3C(=O)C2)c1. The lowest BCUT2D eigenvalue weighted by Gasteiger charge is -2.12. The van der Waals surface area contributed by atoms with E-state index in [0.29, 0.717) is 16.2 Å². The third-order valence-corrected chi connectivity index (χ3v) is 5.20. The van der Waals surface area contributed by atoms with Crippen molar-refractivity contribution in [2.45, 2.75) is 6.42 Å². The van der Waals surface area contributed by atoms with Gasteiger partial charge in [-0.1, -0.05) is 35.3 Å². The van der Waals surface area contributed by atoms with Gasteiger partial charge >= 0.3 is 0 Å². The van der Waals surface area contributed by atoms with Crippen LogP contribution in [0.5, 0.6) is 0 Å². The zero-order chi connectivity index (χ0) is 20.7. The molecule has 1 aliphatic rings. The number of anilines is 1. The lowest BCUT2D eigenvalue weighted by Crippen LogP contribution is -2.10. The Labute approximate surface area is 175 Å². The molecule has 1 heterocycles. The topological polar surface area (TPSA) is 97.1 Å². The van der Waals surface area contributed by atoms with Crippen molar-refractivity contribution in [1.82, 2.24) is 0 Å². The zero-order valence-electron chi connectivity index (χ0n) is 14.8. The number of Topliss-reactive ketones (excluding diaryl/α,β-unsaturated/α-hetero) is 1. The van der Waals surface area contributed by atoms with Crippen LogP contribution >= 0.6 is 23.2 Å². The van der Waals surface area contributed by atoms with Gasteiger partial charge in [-0.25, -0.2) is 0 Å². The Hall–Kier alpha value is -3.33. The summed E-state index contributed by atoms with van der Waals surface area (Å²) in [5.41, 5.74) is 8.31. The molecule has 0 radical (unpaired) electrons. The van der Waals surface area contributed by atoms with Crippen LogP contribution in [0.15, 0.2) is 46.9 Å². The molecule has 1 aliphatic carbocycles. The van der Waals surface area contributed by atoms with Crippen molar-refractivity contribution in [3.8, 4) is 6.07 Å². The number of nitriles is 1. The van der Waals surface area contributed by atoms with Gasteiger partial charge < -0.3 is 10.2 Å². The number of fused-ring (bicyclic) bond motifs is 1. The second-order valence-electron chi connectivity index (χ2n) is 6.50. The first-order valence-electron chi connectivity index (χ1n) is 8.55. The molecule has 29 heavy (non-hydrogen) atoms. The van der Waals surface area contributed by atoms with Crippen LogP contribution in [0.2, 0.25) is 10.0 Å². The Bertz CT molecular complexity index is 1270. The van der Waals surface area contributed by atoms with E-state index in [2.05, 4.69) is 6.07 Å². The van der Waals surface area contributed by atoms with E-state index in [9.17, 15) is 9.59 Å². The minimum atomic E-state index is -0.534. The maximum absolute atomic E-state index is 12.9. The van der Waals surface area contributed by atoms with E-state index >= 15 is 0 Å². The molecular formula is C22H12Cl2N2O3. The fraction of sp³-hybridized carbons (Fsp3) is 0.0455. The van der Waals surface area contributed by atoms with Crippen molar-refractivity contribution in [3.63, 3.8) is 0 Å². The van der Waals surface area contributed by atoms with Gasteiger partial charge in [-0.3, -0.25) is 9.59 Å². The highest BCUT2D eigenvalue weighted by Crippen LogP contribution is 2.38. The molecule has 7 heteroatoms. The van der Waals surface area contributed by atoms with Crippen LogP contribution < -0.4 is 5.73 Å². The van der Waals surface area contributed by atoms with Crippen molar-refractivity contribution in [2.24, 2.45) is 0 Å². The number of rotatable bonds is 3. The summed E-state index contributed by atoms with van der Waals surface area (Å²) in [6.07, 6.45) is 1.75. The summed E-state index contributed by atoms with van der Waals surface area (Å²) in [5, 5.41) is 9.64. The van der Waals surface area contributed by atoms with Gasteiger partial charge in [-0.15, -0.1) is 0 Å². The molecule has 0 spiro atoms. The highest BCUT2D eigenvalue weighted by Gasteiger charge is 2.31. The molecule has 0 saturated heterocycles. The maximum atomic E-state index is 12.9. The Morgan fingerprint density at radius 3 is 2.69 bits per heavy atom. The molecule has 0 fully saturated rings. The van der Waals surface area contributed by atoms with Crippen LogP contribution in [0.25, 0.3) is 11.6 Å². The van der Waals surface area contributed by atoms with Crippen molar-refractivity contribution in [1.29, 1.82) is 5.26 Å². The summed E-state index contributed by atoms with van der Waals surface area (Å²) in [6, 6.07) is 13.4. The third-order valence-electron chi connectivity index (χ3n) is 4.65. The molecule has 0 atom stereocenters. The Kier molecular flexibility index (Phi) is 4.75. The van der Waals surface area contributed by atoms with Gasteiger partial charge in [0.1, 0.15) is 5.76 Å². The lowest BCUT2D eigenvalue weighted by atomic mass is 9.90. The maximum Gasteiger partial charge on any atom is 0.231 e. The molecule has 0 aliphatic heterocycles. The molecule has 2 aromatic carbocycles. The number of nitrogens with two attached hydrogens (primary N) is 1. The molecule has 0 saturated carbocycles. The number of benzene rings is 2. The molecule has 4 rings (SSSR count). The van der Waals surface area contributed by atoms with Crippen LogP contribution in [0, 0.1) is 11.3 Å². The van der Waals surface area contributed by atoms with E-state index < -0.39 is 5.78 Å². The number of furan rings is 1. The second-order valence-corrected chi connectivity index (χ2v) is 7.34. The van der Waals surface area contributed by atoms with E-state index in [1.807, 2.05) is 0 Å². The highest BCUT2D eigenvalue weighted by atomic mass is 35.5. The van der Waals surface area contributed by atoms with E-state index in [0.717, 1.165) is 5.56 Å². The van der Waals surface area contributed by atoms with E-state index in [1.165, 1.54) is 18.2 Å².